The molecule has 0 unspecified atom stereocenters. The van der Waals surface area contributed by atoms with E-state index in [-0.39, 0.29) is 11.1 Å². The van der Waals surface area contributed by atoms with Crippen LogP contribution in [0.25, 0.3) is 6.08 Å². The van der Waals surface area contributed by atoms with Crippen LogP contribution in [0, 0.1) is 5.41 Å². The minimum absolute atomic E-state index is 0.138. The van der Waals surface area contributed by atoms with E-state index in [2.05, 4.69) is 0 Å². The van der Waals surface area contributed by atoms with E-state index in [9.17, 15) is 4.79 Å². The maximum absolute atomic E-state index is 12.7. The molecule has 0 saturated carbocycles. The summed E-state index contributed by atoms with van der Waals surface area (Å²) in [6, 6.07) is 12.7. The highest BCUT2D eigenvalue weighted by Crippen LogP contribution is 2.37. The van der Waals surface area contributed by atoms with Gasteiger partial charge in [-0.2, -0.15) is 0 Å². The van der Waals surface area contributed by atoms with Crippen LogP contribution in [0.1, 0.15) is 5.56 Å². The lowest BCUT2D eigenvalue weighted by atomic mass is 10.2. The highest BCUT2D eigenvalue weighted by atomic mass is 35.5. The third-order valence-corrected chi connectivity index (χ3v) is 5.32. The Bertz CT molecular complexity index is 878. The zero-order valence-electron chi connectivity index (χ0n) is 13.6. The third kappa shape index (κ3) is 3.68. The van der Waals surface area contributed by atoms with Gasteiger partial charge in [-0.25, -0.2) is 0 Å². The minimum atomic E-state index is -0.245. The molecule has 2 aromatic carbocycles. The number of amides is 1. The number of anilines is 2. The molecule has 1 aliphatic rings. The van der Waals surface area contributed by atoms with Crippen molar-refractivity contribution in [3.63, 3.8) is 0 Å². The van der Waals surface area contributed by atoms with Gasteiger partial charge >= 0.3 is 0 Å². The molecule has 1 amide bonds. The molecule has 1 N–H and O–H groups in total. The van der Waals surface area contributed by atoms with Gasteiger partial charge in [0.15, 0.2) is 5.17 Å². The lowest BCUT2D eigenvalue weighted by Crippen LogP contribution is -2.28. The summed E-state index contributed by atoms with van der Waals surface area (Å²) in [5, 5.41) is 9.03. The molecule has 0 spiro atoms. The molecule has 1 heterocycles. The Morgan fingerprint density at radius 3 is 2.36 bits per heavy atom. The van der Waals surface area contributed by atoms with E-state index >= 15 is 0 Å². The van der Waals surface area contributed by atoms with Crippen LogP contribution in [0.3, 0.4) is 0 Å². The highest BCUT2D eigenvalue weighted by Gasteiger charge is 2.33. The quantitative estimate of drug-likeness (QED) is 0.738. The number of nitrogens with zero attached hydrogens (tertiary/aromatic N) is 2. The summed E-state index contributed by atoms with van der Waals surface area (Å²) >= 11 is 13.1. The standard InChI is InChI=1S/C18H15Cl2N3OS/c1-22(2)12-5-3-11(4-6-12)9-16-17(24)23(18(21)25-16)13-7-8-14(19)15(20)10-13/h3-10,21H,1-2H3/b16-9-,21-18?. The molecule has 1 saturated heterocycles. The van der Waals surface area contributed by atoms with Crippen LogP contribution in [0.5, 0.6) is 0 Å². The molecule has 0 atom stereocenters. The largest absolute Gasteiger partial charge is 0.378 e. The summed E-state index contributed by atoms with van der Waals surface area (Å²) in [5.74, 6) is -0.245. The van der Waals surface area contributed by atoms with Gasteiger partial charge in [0, 0.05) is 19.8 Å². The van der Waals surface area contributed by atoms with Gasteiger partial charge in [0.2, 0.25) is 0 Å². The molecule has 0 aromatic heterocycles. The topological polar surface area (TPSA) is 47.4 Å². The summed E-state index contributed by atoms with van der Waals surface area (Å²) in [6.45, 7) is 0. The normalized spacial score (nSPS) is 16.0. The molecular formula is C18H15Cl2N3OS. The van der Waals surface area contributed by atoms with Crippen LogP contribution in [-0.2, 0) is 4.79 Å². The first-order valence-corrected chi connectivity index (χ1v) is 8.99. The van der Waals surface area contributed by atoms with Crippen molar-refractivity contribution in [2.45, 2.75) is 0 Å². The molecular weight excluding hydrogens is 377 g/mol. The molecule has 2 aromatic rings. The first kappa shape index (κ1) is 17.9. The van der Waals surface area contributed by atoms with Gasteiger partial charge in [0.1, 0.15) is 0 Å². The fourth-order valence-corrected chi connectivity index (χ4v) is 3.52. The van der Waals surface area contributed by atoms with Crippen LogP contribution in [0.4, 0.5) is 11.4 Å². The van der Waals surface area contributed by atoms with Crippen LogP contribution >= 0.6 is 35.0 Å². The summed E-state index contributed by atoms with van der Waals surface area (Å²) in [4.78, 5) is 16.5. The summed E-state index contributed by atoms with van der Waals surface area (Å²) < 4.78 is 0. The number of nitrogens with one attached hydrogen (secondary N) is 1. The maximum Gasteiger partial charge on any atom is 0.271 e. The second-order valence-corrected chi connectivity index (χ2v) is 7.49. The van der Waals surface area contributed by atoms with Gasteiger partial charge in [-0.05, 0) is 53.7 Å². The SMILES string of the molecule is CN(C)c1ccc(/C=C2\SC(=N)N(c3ccc(Cl)c(Cl)c3)C2=O)cc1. The summed E-state index contributed by atoms with van der Waals surface area (Å²) in [6.07, 6.45) is 1.79. The molecule has 0 radical (unpaired) electrons. The van der Waals surface area contributed by atoms with Crippen LogP contribution in [-0.4, -0.2) is 25.2 Å². The van der Waals surface area contributed by atoms with Gasteiger partial charge in [-0.15, -0.1) is 0 Å². The Balaban J connectivity index is 1.88. The predicted octanol–water partition coefficient (Wildman–Crippen LogP) is 5.12. The average molecular weight is 392 g/mol. The molecule has 4 nitrogen and oxygen atoms in total. The van der Waals surface area contributed by atoms with Crippen molar-refractivity contribution in [1.82, 2.24) is 0 Å². The number of carbonyl (C=O) groups is 1. The number of benzene rings is 2. The van der Waals surface area contributed by atoms with E-state index in [1.54, 1.807) is 24.3 Å². The third-order valence-electron chi connectivity index (χ3n) is 3.69. The highest BCUT2D eigenvalue weighted by molar-refractivity contribution is 8.19. The first-order valence-electron chi connectivity index (χ1n) is 7.42. The molecule has 3 rings (SSSR count). The summed E-state index contributed by atoms with van der Waals surface area (Å²) in [5.41, 5.74) is 2.52. The zero-order chi connectivity index (χ0) is 18.1. The number of carbonyl (C=O) groups excluding carboxylic acids is 1. The van der Waals surface area contributed by atoms with E-state index in [0.29, 0.717) is 20.6 Å². The van der Waals surface area contributed by atoms with Gasteiger partial charge in [-0.3, -0.25) is 15.1 Å². The van der Waals surface area contributed by atoms with Crippen molar-refractivity contribution in [3.8, 4) is 0 Å². The van der Waals surface area contributed by atoms with Crippen molar-refractivity contribution >= 4 is 63.5 Å². The second-order valence-electron chi connectivity index (χ2n) is 5.64. The minimum Gasteiger partial charge on any atom is -0.378 e. The lowest BCUT2D eigenvalue weighted by molar-refractivity contribution is -0.113. The average Bonchev–Trinajstić information content (AvgIpc) is 2.85. The predicted molar refractivity (Wildman–Crippen MR) is 108 cm³/mol. The first-order chi connectivity index (χ1) is 11.9. The van der Waals surface area contributed by atoms with Gasteiger partial charge in [-0.1, -0.05) is 35.3 Å². The van der Waals surface area contributed by atoms with Gasteiger partial charge < -0.3 is 4.90 Å². The Hall–Kier alpha value is -1.95. The van der Waals surface area contributed by atoms with Crippen molar-refractivity contribution in [2.24, 2.45) is 0 Å². The second kappa shape index (κ2) is 7.12. The van der Waals surface area contributed by atoms with Gasteiger partial charge in [0.25, 0.3) is 5.91 Å². The number of hydrogen-bond acceptors (Lipinski definition) is 4. The smallest absolute Gasteiger partial charge is 0.271 e. The van der Waals surface area contributed by atoms with E-state index in [1.807, 2.05) is 43.3 Å². The maximum atomic E-state index is 12.7. The van der Waals surface area contributed by atoms with Crippen molar-refractivity contribution in [1.29, 1.82) is 5.41 Å². The van der Waals surface area contributed by atoms with Crippen LogP contribution in [0.15, 0.2) is 47.4 Å². The van der Waals surface area contributed by atoms with E-state index in [0.717, 1.165) is 23.0 Å². The van der Waals surface area contributed by atoms with E-state index in [4.69, 9.17) is 28.6 Å². The Kier molecular flexibility index (Phi) is 5.08. The lowest BCUT2D eigenvalue weighted by Gasteiger charge is -2.15. The molecule has 0 bridgehead atoms. The molecule has 25 heavy (non-hydrogen) atoms. The van der Waals surface area contributed by atoms with Crippen molar-refractivity contribution < 1.29 is 4.79 Å². The Morgan fingerprint density at radius 2 is 1.76 bits per heavy atom. The van der Waals surface area contributed by atoms with Gasteiger partial charge in [0.05, 0.1) is 20.6 Å². The number of halogens is 2. The zero-order valence-corrected chi connectivity index (χ0v) is 15.9. The molecule has 1 fully saturated rings. The molecule has 128 valence electrons. The van der Waals surface area contributed by atoms with E-state index in [1.165, 1.54) is 4.90 Å². The van der Waals surface area contributed by atoms with Crippen molar-refractivity contribution in [3.05, 3.63) is 63.0 Å². The number of thioether (sulfide) groups is 1. The van der Waals surface area contributed by atoms with Crippen LogP contribution < -0.4 is 9.80 Å². The Morgan fingerprint density at radius 1 is 1.08 bits per heavy atom. The fraction of sp³-hybridized carbons (Fsp3) is 0.111. The fourth-order valence-electron chi connectivity index (χ4n) is 2.37. The van der Waals surface area contributed by atoms with Crippen LogP contribution in [0.2, 0.25) is 10.0 Å². The van der Waals surface area contributed by atoms with Crippen molar-refractivity contribution in [2.75, 3.05) is 23.9 Å². The molecule has 0 aliphatic carbocycles. The Labute approximate surface area is 160 Å². The summed E-state index contributed by atoms with van der Waals surface area (Å²) in [7, 11) is 3.94. The number of rotatable bonds is 3. The molecule has 7 heteroatoms. The monoisotopic (exact) mass is 391 g/mol. The van der Waals surface area contributed by atoms with E-state index < -0.39 is 0 Å². The number of amidine groups is 1. The number of hydrogen-bond donors (Lipinski definition) is 1. The molecule has 1 aliphatic heterocycles.